The summed E-state index contributed by atoms with van der Waals surface area (Å²) in [6, 6.07) is 7.37. The van der Waals surface area contributed by atoms with Gasteiger partial charge < -0.3 is 9.47 Å². The van der Waals surface area contributed by atoms with Gasteiger partial charge in [0.2, 0.25) is 0 Å². The van der Waals surface area contributed by atoms with Crippen molar-refractivity contribution in [2.75, 3.05) is 19.5 Å². The molecule has 0 aliphatic heterocycles. The van der Waals surface area contributed by atoms with E-state index in [4.69, 9.17) is 9.47 Å². The average molecular weight is 360 g/mol. The third-order valence-corrected chi connectivity index (χ3v) is 5.16. The number of hydrogen-bond donors (Lipinski definition) is 1. The zero-order valence-electron chi connectivity index (χ0n) is 13.5. The first-order valence-electron chi connectivity index (χ1n) is 7.15. The van der Waals surface area contributed by atoms with E-state index >= 15 is 0 Å². The van der Waals surface area contributed by atoms with Gasteiger partial charge in [0.15, 0.2) is 5.13 Å². The number of nitrogens with zero attached hydrogens (tertiary/aromatic N) is 1. The van der Waals surface area contributed by atoms with Crippen LogP contribution in [0.2, 0.25) is 0 Å². The van der Waals surface area contributed by atoms with Crippen LogP contribution in [-0.2, 0) is 0 Å². The minimum Gasteiger partial charge on any atom is -0.496 e. The summed E-state index contributed by atoms with van der Waals surface area (Å²) in [5.74, 6) is 0.967. The Morgan fingerprint density at radius 2 is 1.88 bits per heavy atom. The largest absolute Gasteiger partial charge is 0.496 e. The first-order valence-corrected chi connectivity index (χ1v) is 8.91. The summed E-state index contributed by atoms with van der Waals surface area (Å²) in [4.78, 5) is 18.0. The number of thiazole rings is 1. The van der Waals surface area contributed by atoms with Crippen LogP contribution in [-0.4, -0.2) is 25.1 Å². The van der Waals surface area contributed by atoms with Crippen LogP contribution in [0, 0.1) is 6.92 Å². The van der Waals surface area contributed by atoms with E-state index in [2.05, 4.69) is 10.3 Å². The number of thiophene rings is 1. The predicted molar refractivity (Wildman–Crippen MR) is 97.7 cm³/mol. The minimum atomic E-state index is -0.251. The van der Waals surface area contributed by atoms with Gasteiger partial charge >= 0.3 is 0 Å². The Balaban J connectivity index is 1.82. The number of aromatic nitrogens is 1. The number of carbonyl (C=O) groups excluding carboxylic acids is 1. The molecule has 3 rings (SSSR count). The van der Waals surface area contributed by atoms with E-state index in [1.54, 1.807) is 37.7 Å². The molecule has 1 N–H and O–H groups in total. The standard InChI is InChI=1S/C17H16N2O3S2/c1-10-13(21-2)7-11(8-14(10)22-3)16(20)19-17-18-12(9-24-17)15-5-4-6-23-15/h4-9H,1-3H3,(H,18,19,20). The summed E-state index contributed by atoms with van der Waals surface area (Å²) in [6.07, 6.45) is 0. The molecule has 7 heteroatoms. The molecule has 0 bridgehead atoms. The maximum absolute atomic E-state index is 12.5. The van der Waals surface area contributed by atoms with Gasteiger partial charge in [-0.15, -0.1) is 22.7 Å². The smallest absolute Gasteiger partial charge is 0.257 e. The Bertz CT molecular complexity index is 832. The van der Waals surface area contributed by atoms with Crippen molar-refractivity contribution in [3.8, 4) is 22.1 Å². The van der Waals surface area contributed by atoms with Crippen molar-refractivity contribution in [2.45, 2.75) is 6.92 Å². The zero-order valence-corrected chi connectivity index (χ0v) is 15.1. The molecule has 0 atom stereocenters. The fourth-order valence-electron chi connectivity index (χ4n) is 2.26. The lowest BCUT2D eigenvalue weighted by atomic mass is 10.1. The van der Waals surface area contributed by atoms with E-state index in [0.717, 1.165) is 16.1 Å². The van der Waals surface area contributed by atoms with Crippen molar-refractivity contribution in [2.24, 2.45) is 0 Å². The summed E-state index contributed by atoms with van der Waals surface area (Å²) >= 11 is 3.01. The van der Waals surface area contributed by atoms with E-state index < -0.39 is 0 Å². The zero-order chi connectivity index (χ0) is 17.1. The first-order chi connectivity index (χ1) is 11.6. The molecule has 2 aromatic heterocycles. The highest BCUT2D eigenvalue weighted by Crippen LogP contribution is 2.31. The van der Waals surface area contributed by atoms with Crippen LogP contribution in [0.4, 0.5) is 5.13 Å². The molecule has 3 aromatic rings. The van der Waals surface area contributed by atoms with Crippen molar-refractivity contribution < 1.29 is 14.3 Å². The summed E-state index contributed by atoms with van der Waals surface area (Å²) < 4.78 is 10.6. The fraction of sp³-hybridized carbons (Fsp3) is 0.176. The predicted octanol–water partition coefficient (Wildman–Crippen LogP) is 4.45. The third-order valence-electron chi connectivity index (χ3n) is 3.51. The minimum absolute atomic E-state index is 0.251. The Kier molecular flexibility index (Phi) is 4.82. The second kappa shape index (κ2) is 7.02. The van der Waals surface area contributed by atoms with Gasteiger partial charge in [-0.2, -0.15) is 0 Å². The Hall–Kier alpha value is -2.38. The summed E-state index contributed by atoms with van der Waals surface area (Å²) in [5.41, 5.74) is 2.18. The van der Waals surface area contributed by atoms with Crippen molar-refractivity contribution in [1.82, 2.24) is 4.98 Å². The van der Waals surface area contributed by atoms with Crippen LogP contribution >= 0.6 is 22.7 Å². The molecular weight excluding hydrogens is 344 g/mol. The molecule has 0 unspecified atom stereocenters. The van der Waals surface area contributed by atoms with Gasteiger partial charge in [0, 0.05) is 16.5 Å². The summed E-state index contributed by atoms with van der Waals surface area (Å²) in [5, 5.41) is 7.31. The molecule has 0 saturated heterocycles. The maximum atomic E-state index is 12.5. The molecule has 0 aliphatic rings. The van der Waals surface area contributed by atoms with Crippen molar-refractivity contribution in [3.63, 3.8) is 0 Å². The molecule has 0 saturated carbocycles. The van der Waals surface area contributed by atoms with Crippen LogP contribution in [0.3, 0.4) is 0 Å². The monoisotopic (exact) mass is 360 g/mol. The van der Waals surface area contributed by atoms with Gasteiger partial charge in [-0.05, 0) is 30.5 Å². The Morgan fingerprint density at radius 1 is 1.17 bits per heavy atom. The molecule has 2 heterocycles. The maximum Gasteiger partial charge on any atom is 0.257 e. The average Bonchev–Trinajstić information content (AvgIpc) is 3.26. The molecule has 1 amide bonds. The van der Waals surface area contributed by atoms with Crippen molar-refractivity contribution in [3.05, 3.63) is 46.2 Å². The van der Waals surface area contributed by atoms with Crippen LogP contribution in [0.15, 0.2) is 35.0 Å². The lowest BCUT2D eigenvalue weighted by Gasteiger charge is -2.12. The molecule has 5 nitrogen and oxygen atoms in total. The first kappa shape index (κ1) is 16.5. The van der Waals surface area contributed by atoms with Crippen LogP contribution in [0.5, 0.6) is 11.5 Å². The molecule has 0 aliphatic carbocycles. The van der Waals surface area contributed by atoms with Crippen molar-refractivity contribution in [1.29, 1.82) is 0 Å². The number of amides is 1. The Labute approximate surface area is 147 Å². The number of nitrogens with one attached hydrogen (secondary N) is 1. The molecule has 124 valence electrons. The quantitative estimate of drug-likeness (QED) is 0.730. The number of ether oxygens (including phenoxy) is 2. The molecule has 0 spiro atoms. The second-order valence-corrected chi connectivity index (χ2v) is 6.78. The lowest BCUT2D eigenvalue weighted by Crippen LogP contribution is -2.12. The number of benzene rings is 1. The highest BCUT2D eigenvalue weighted by atomic mass is 32.1. The SMILES string of the molecule is COc1cc(C(=O)Nc2nc(-c3cccs3)cs2)cc(OC)c1C. The normalized spacial score (nSPS) is 10.5. The topological polar surface area (TPSA) is 60.5 Å². The lowest BCUT2D eigenvalue weighted by molar-refractivity contribution is 0.102. The number of anilines is 1. The number of hydrogen-bond acceptors (Lipinski definition) is 6. The van der Waals surface area contributed by atoms with Crippen LogP contribution in [0.25, 0.3) is 10.6 Å². The molecule has 0 radical (unpaired) electrons. The van der Waals surface area contributed by atoms with Crippen molar-refractivity contribution >= 4 is 33.7 Å². The van der Waals surface area contributed by atoms with Gasteiger partial charge in [-0.3, -0.25) is 10.1 Å². The molecule has 24 heavy (non-hydrogen) atoms. The van der Waals surface area contributed by atoms with Gasteiger partial charge in [0.25, 0.3) is 5.91 Å². The summed E-state index contributed by atoms with van der Waals surface area (Å²) in [6.45, 7) is 1.88. The number of methoxy groups -OCH3 is 2. The summed E-state index contributed by atoms with van der Waals surface area (Å²) in [7, 11) is 3.13. The van der Waals surface area contributed by atoms with Gasteiger partial charge in [-0.25, -0.2) is 4.98 Å². The van der Waals surface area contributed by atoms with Gasteiger partial charge in [0.05, 0.1) is 24.8 Å². The van der Waals surface area contributed by atoms with E-state index in [1.807, 2.05) is 29.8 Å². The van der Waals surface area contributed by atoms with E-state index in [0.29, 0.717) is 22.2 Å². The number of rotatable bonds is 5. The van der Waals surface area contributed by atoms with Crippen LogP contribution in [0.1, 0.15) is 15.9 Å². The van der Waals surface area contributed by atoms with E-state index in [-0.39, 0.29) is 5.91 Å². The molecular formula is C17H16N2O3S2. The van der Waals surface area contributed by atoms with E-state index in [1.165, 1.54) is 11.3 Å². The fourth-order valence-corrected chi connectivity index (χ4v) is 3.72. The number of carbonyl (C=O) groups is 1. The van der Waals surface area contributed by atoms with E-state index in [9.17, 15) is 4.79 Å². The second-order valence-electron chi connectivity index (χ2n) is 4.98. The Morgan fingerprint density at radius 3 is 2.46 bits per heavy atom. The molecule has 1 aromatic carbocycles. The van der Waals surface area contributed by atoms with Crippen LogP contribution < -0.4 is 14.8 Å². The highest BCUT2D eigenvalue weighted by Gasteiger charge is 2.15. The highest BCUT2D eigenvalue weighted by molar-refractivity contribution is 7.16. The van der Waals surface area contributed by atoms with Gasteiger partial charge in [0.1, 0.15) is 11.5 Å². The third kappa shape index (κ3) is 3.27. The van der Waals surface area contributed by atoms with Gasteiger partial charge in [-0.1, -0.05) is 6.07 Å². The molecule has 0 fully saturated rings.